The summed E-state index contributed by atoms with van der Waals surface area (Å²) >= 11 is 4.54. The second-order valence-corrected chi connectivity index (χ2v) is 11.6. The van der Waals surface area contributed by atoms with E-state index in [1.54, 1.807) is 12.1 Å². The molecule has 3 rings (SSSR count). The predicted octanol–water partition coefficient (Wildman–Crippen LogP) is 3.61. The summed E-state index contributed by atoms with van der Waals surface area (Å²) in [5, 5.41) is 3.10. The van der Waals surface area contributed by atoms with Crippen LogP contribution in [0.2, 0.25) is 0 Å². The third kappa shape index (κ3) is 4.84. The molecule has 1 saturated heterocycles. The molecule has 140 valence electrons. The molecule has 0 aromatic carbocycles. The van der Waals surface area contributed by atoms with Gasteiger partial charge in [0, 0.05) is 25.6 Å². The lowest BCUT2D eigenvalue weighted by Gasteiger charge is -2.30. The number of hydrogen-bond acceptors (Lipinski definition) is 4. The van der Waals surface area contributed by atoms with Gasteiger partial charge in [-0.1, -0.05) is 19.3 Å². The number of carbonyl (C=O) groups is 1. The summed E-state index contributed by atoms with van der Waals surface area (Å²) in [5.74, 6) is 0.655. The van der Waals surface area contributed by atoms with E-state index in [-0.39, 0.29) is 11.8 Å². The maximum Gasteiger partial charge on any atom is 0.252 e. The van der Waals surface area contributed by atoms with Crippen molar-refractivity contribution < 1.29 is 13.2 Å². The summed E-state index contributed by atoms with van der Waals surface area (Å²) in [7, 11) is -3.43. The summed E-state index contributed by atoms with van der Waals surface area (Å²) in [5.41, 5.74) is 0. The fraction of sp³-hybridized carbons (Fsp3) is 0.706. The molecular weight excluding hydrogens is 424 g/mol. The molecule has 8 heteroatoms. The molecule has 1 aromatic rings. The lowest BCUT2D eigenvalue weighted by Crippen LogP contribution is -2.43. The minimum Gasteiger partial charge on any atom is -0.356 e. The third-order valence-corrected chi connectivity index (χ3v) is 9.25. The van der Waals surface area contributed by atoms with Crippen LogP contribution in [0.4, 0.5) is 0 Å². The van der Waals surface area contributed by atoms with Crippen molar-refractivity contribution in [3.05, 3.63) is 15.9 Å². The highest BCUT2D eigenvalue weighted by Crippen LogP contribution is 2.31. The maximum absolute atomic E-state index is 12.6. The van der Waals surface area contributed by atoms with E-state index in [0.29, 0.717) is 36.1 Å². The monoisotopic (exact) mass is 448 g/mol. The van der Waals surface area contributed by atoms with E-state index in [1.807, 2.05) is 0 Å². The molecule has 1 amide bonds. The number of carbonyl (C=O) groups excluding carboxylic acids is 1. The van der Waals surface area contributed by atoms with Crippen LogP contribution in [0, 0.1) is 11.8 Å². The van der Waals surface area contributed by atoms with Gasteiger partial charge in [-0.25, -0.2) is 8.42 Å². The molecule has 0 radical (unpaired) electrons. The quantitative estimate of drug-likeness (QED) is 0.747. The lowest BCUT2D eigenvalue weighted by atomic mass is 9.89. The van der Waals surface area contributed by atoms with Gasteiger partial charge < -0.3 is 5.32 Å². The molecule has 2 heterocycles. The molecule has 1 aliphatic carbocycles. The molecule has 1 saturated carbocycles. The molecule has 0 atom stereocenters. The van der Waals surface area contributed by atoms with E-state index >= 15 is 0 Å². The number of hydrogen-bond donors (Lipinski definition) is 1. The Morgan fingerprint density at radius 3 is 2.44 bits per heavy atom. The van der Waals surface area contributed by atoms with Gasteiger partial charge in [0.1, 0.15) is 4.21 Å². The molecule has 1 N–H and O–H groups in total. The Bertz CT molecular complexity index is 691. The number of amides is 1. The molecule has 2 aliphatic rings. The Morgan fingerprint density at radius 1 is 1.16 bits per heavy atom. The van der Waals surface area contributed by atoms with Crippen LogP contribution in [0.5, 0.6) is 0 Å². The summed E-state index contributed by atoms with van der Waals surface area (Å²) in [6.45, 7) is 1.61. The van der Waals surface area contributed by atoms with Gasteiger partial charge in [-0.3, -0.25) is 4.79 Å². The van der Waals surface area contributed by atoms with Gasteiger partial charge in [-0.05, 0) is 59.7 Å². The van der Waals surface area contributed by atoms with Crippen LogP contribution in [0.3, 0.4) is 0 Å². The van der Waals surface area contributed by atoms with Crippen molar-refractivity contribution in [3.8, 4) is 0 Å². The van der Waals surface area contributed by atoms with Gasteiger partial charge in [-0.15, -0.1) is 11.3 Å². The minimum absolute atomic E-state index is 0.0647. The number of nitrogens with one attached hydrogen (secondary N) is 1. The number of piperidine rings is 1. The zero-order chi connectivity index (χ0) is 17.9. The Morgan fingerprint density at radius 2 is 1.84 bits per heavy atom. The first-order chi connectivity index (χ1) is 12.0. The first kappa shape index (κ1) is 19.3. The van der Waals surface area contributed by atoms with Crippen molar-refractivity contribution in [2.24, 2.45) is 11.8 Å². The minimum atomic E-state index is -3.43. The van der Waals surface area contributed by atoms with Gasteiger partial charge in [0.25, 0.3) is 10.0 Å². The molecule has 25 heavy (non-hydrogen) atoms. The first-order valence-corrected chi connectivity index (χ1v) is 12.0. The van der Waals surface area contributed by atoms with Crippen LogP contribution in [-0.2, 0) is 14.8 Å². The molecule has 5 nitrogen and oxygen atoms in total. The van der Waals surface area contributed by atoms with E-state index in [4.69, 9.17) is 0 Å². The van der Waals surface area contributed by atoms with E-state index in [9.17, 15) is 13.2 Å². The van der Waals surface area contributed by atoms with Crippen molar-refractivity contribution >= 4 is 43.2 Å². The highest BCUT2D eigenvalue weighted by molar-refractivity contribution is 9.11. The largest absolute Gasteiger partial charge is 0.356 e. The zero-order valence-corrected chi connectivity index (χ0v) is 17.5. The van der Waals surface area contributed by atoms with Crippen molar-refractivity contribution in [3.63, 3.8) is 0 Å². The fourth-order valence-electron chi connectivity index (χ4n) is 3.70. The van der Waals surface area contributed by atoms with Crippen molar-refractivity contribution in [2.45, 2.75) is 49.2 Å². The average Bonchev–Trinajstić information content (AvgIpc) is 3.08. The van der Waals surface area contributed by atoms with E-state index in [1.165, 1.54) is 47.7 Å². The van der Waals surface area contributed by atoms with Gasteiger partial charge >= 0.3 is 0 Å². The van der Waals surface area contributed by atoms with Gasteiger partial charge in [-0.2, -0.15) is 4.31 Å². The number of sulfonamides is 1. The molecular formula is C17H25BrN2O3S2. The zero-order valence-electron chi connectivity index (χ0n) is 14.2. The molecule has 0 unspecified atom stereocenters. The molecule has 0 spiro atoms. The standard InChI is InChI=1S/C17H25BrN2O3S2/c18-15-6-7-16(24-15)25(22,23)20-10-8-14(9-11-20)17(21)19-12-13-4-2-1-3-5-13/h6-7,13-14H,1-5,8-12H2,(H,19,21). The Balaban J connectivity index is 1.48. The van der Waals surface area contributed by atoms with E-state index in [2.05, 4.69) is 21.2 Å². The number of thiophene rings is 1. The Labute approximate surface area is 162 Å². The molecule has 2 fully saturated rings. The number of nitrogens with zero attached hydrogens (tertiary/aromatic N) is 1. The topological polar surface area (TPSA) is 66.5 Å². The van der Waals surface area contributed by atoms with Crippen LogP contribution in [-0.4, -0.2) is 38.3 Å². The van der Waals surface area contributed by atoms with Crippen molar-refractivity contribution in [1.82, 2.24) is 9.62 Å². The van der Waals surface area contributed by atoms with Gasteiger partial charge in [0.15, 0.2) is 0 Å². The van der Waals surface area contributed by atoms with Gasteiger partial charge in [0.05, 0.1) is 3.79 Å². The Hall–Kier alpha value is -0.440. The van der Waals surface area contributed by atoms with Crippen LogP contribution >= 0.6 is 27.3 Å². The molecule has 1 aromatic heterocycles. The van der Waals surface area contributed by atoms with Crippen molar-refractivity contribution in [1.29, 1.82) is 0 Å². The molecule has 0 bridgehead atoms. The summed E-state index contributed by atoms with van der Waals surface area (Å²) in [6.07, 6.45) is 7.49. The van der Waals surface area contributed by atoms with Crippen LogP contribution in [0.15, 0.2) is 20.1 Å². The number of rotatable bonds is 5. The predicted molar refractivity (Wildman–Crippen MR) is 103 cm³/mol. The second kappa shape index (κ2) is 8.50. The van der Waals surface area contributed by atoms with Crippen molar-refractivity contribution in [2.75, 3.05) is 19.6 Å². The maximum atomic E-state index is 12.6. The normalized spacial score (nSPS) is 21.3. The van der Waals surface area contributed by atoms with Crippen LogP contribution < -0.4 is 5.32 Å². The third-order valence-electron chi connectivity index (χ3n) is 5.26. The average molecular weight is 449 g/mol. The summed E-state index contributed by atoms with van der Waals surface area (Å²) in [6, 6.07) is 3.38. The molecule has 1 aliphatic heterocycles. The highest BCUT2D eigenvalue weighted by Gasteiger charge is 2.33. The van der Waals surface area contributed by atoms with Crippen LogP contribution in [0.1, 0.15) is 44.9 Å². The fourth-order valence-corrected chi connectivity index (χ4v) is 7.34. The van der Waals surface area contributed by atoms with Gasteiger partial charge in [0.2, 0.25) is 5.91 Å². The Kier molecular flexibility index (Phi) is 6.57. The summed E-state index contributed by atoms with van der Waals surface area (Å²) in [4.78, 5) is 12.4. The SMILES string of the molecule is O=C(NCC1CCCCC1)C1CCN(S(=O)(=O)c2ccc(Br)s2)CC1. The second-order valence-electron chi connectivity index (χ2n) is 6.99. The smallest absolute Gasteiger partial charge is 0.252 e. The number of halogens is 1. The lowest BCUT2D eigenvalue weighted by molar-refractivity contribution is -0.126. The van der Waals surface area contributed by atoms with Crippen LogP contribution in [0.25, 0.3) is 0 Å². The van der Waals surface area contributed by atoms with E-state index < -0.39 is 10.0 Å². The highest BCUT2D eigenvalue weighted by atomic mass is 79.9. The van der Waals surface area contributed by atoms with E-state index in [0.717, 1.165) is 10.3 Å². The summed E-state index contributed by atoms with van der Waals surface area (Å²) < 4.78 is 27.9. The first-order valence-electron chi connectivity index (χ1n) is 9.00.